The van der Waals surface area contributed by atoms with Gasteiger partial charge in [-0.15, -0.1) is 0 Å². The molecule has 14 heavy (non-hydrogen) atoms. The lowest BCUT2D eigenvalue weighted by atomic mass is 10.0. The average Bonchev–Trinajstić information content (AvgIpc) is 2.14. The van der Waals surface area contributed by atoms with Crippen molar-refractivity contribution in [2.45, 2.75) is 38.4 Å². The number of rotatable bonds is 4. The third kappa shape index (κ3) is 3.83. The first-order valence-electron chi connectivity index (χ1n) is 5.29. The second-order valence-corrected chi connectivity index (χ2v) is 5.46. The van der Waals surface area contributed by atoms with E-state index in [1.807, 2.05) is 0 Å². The molecule has 0 radical (unpaired) electrons. The highest BCUT2D eigenvalue weighted by molar-refractivity contribution is 9.09. The maximum atomic E-state index is 3.72. The monoisotopic (exact) mass is 254 g/mol. The summed E-state index contributed by atoms with van der Waals surface area (Å²) in [6.07, 6.45) is 2.40. The molecule has 0 aliphatic heterocycles. The van der Waals surface area contributed by atoms with Gasteiger partial charge in [0.05, 0.1) is 0 Å². The van der Waals surface area contributed by atoms with E-state index in [1.165, 1.54) is 24.0 Å². The lowest BCUT2D eigenvalue weighted by Crippen LogP contribution is -2.08. The fraction of sp³-hybridized carbons (Fsp3) is 0.538. The molecule has 0 saturated carbocycles. The Hall–Kier alpha value is -0.300. The molecule has 0 fully saturated rings. The molecule has 0 heterocycles. The number of aryl methyl sites for hydroxylation is 2. The van der Waals surface area contributed by atoms with Gasteiger partial charge >= 0.3 is 0 Å². The fourth-order valence-corrected chi connectivity index (χ4v) is 1.73. The van der Waals surface area contributed by atoms with E-state index in [0.29, 0.717) is 4.83 Å². The van der Waals surface area contributed by atoms with Gasteiger partial charge in [0.1, 0.15) is 0 Å². The van der Waals surface area contributed by atoms with E-state index in [1.54, 1.807) is 0 Å². The van der Waals surface area contributed by atoms with E-state index < -0.39 is 0 Å². The molecule has 0 aliphatic rings. The molecule has 0 amide bonds. The molecular weight excluding hydrogens is 236 g/mol. The van der Waals surface area contributed by atoms with Gasteiger partial charge in [-0.1, -0.05) is 59.6 Å². The van der Waals surface area contributed by atoms with Crippen molar-refractivity contribution in [2.24, 2.45) is 5.92 Å². The smallest absolute Gasteiger partial charge is 0.0172 e. The first-order chi connectivity index (χ1) is 6.59. The molecule has 0 saturated heterocycles. The van der Waals surface area contributed by atoms with Crippen molar-refractivity contribution < 1.29 is 0 Å². The van der Waals surface area contributed by atoms with Crippen molar-refractivity contribution in [2.75, 3.05) is 0 Å². The van der Waals surface area contributed by atoms with Gasteiger partial charge in [-0.2, -0.15) is 0 Å². The molecule has 0 aliphatic carbocycles. The van der Waals surface area contributed by atoms with Gasteiger partial charge in [0.25, 0.3) is 0 Å². The Morgan fingerprint density at radius 2 is 2.00 bits per heavy atom. The standard InChI is InChI=1S/C13H19Br/c1-10(2)13(14)8-7-12-6-4-5-11(3)9-12/h4-6,9-10,13H,7-8H2,1-3H3. The average molecular weight is 255 g/mol. The fourth-order valence-electron chi connectivity index (χ4n) is 1.51. The summed E-state index contributed by atoms with van der Waals surface area (Å²) in [5, 5.41) is 0. The lowest BCUT2D eigenvalue weighted by molar-refractivity contribution is 0.582. The van der Waals surface area contributed by atoms with Crippen LogP contribution >= 0.6 is 15.9 Å². The highest BCUT2D eigenvalue weighted by Crippen LogP contribution is 2.18. The van der Waals surface area contributed by atoms with Crippen molar-refractivity contribution in [1.29, 1.82) is 0 Å². The maximum Gasteiger partial charge on any atom is 0.0172 e. The highest BCUT2D eigenvalue weighted by atomic mass is 79.9. The minimum absolute atomic E-state index is 0.642. The Morgan fingerprint density at radius 1 is 1.29 bits per heavy atom. The summed E-state index contributed by atoms with van der Waals surface area (Å²) in [6.45, 7) is 6.67. The van der Waals surface area contributed by atoms with Crippen LogP contribution in [0.25, 0.3) is 0 Å². The van der Waals surface area contributed by atoms with Crippen molar-refractivity contribution in [3.05, 3.63) is 35.4 Å². The summed E-state index contributed by atoms with van der Waals surface area (Å²) >= 11 is 3.72. The van der Waals surface area contributed by atoms with E-state index in [-0.39, 0.29) is 0 Å². The summed E-state index contributed by atoms with van der Waals surface area (Å²) < 4.78 is 0. The van der Waals surface area contributed by atoms with E-state index in [9.17, 15) is 0 Å². The third-order valence-electron chi connectivity index (χ3n) is 2.51. The minimum Gasteiger partial charge on any atom is -0.0888 e. The summed E-state index contributed by atoms with van der Waals surface area (Å²) in [7, 11) is 0. The molecule has 1 aromatic rings. The molecule has 1 aromatic carbocycles. The molecular formula is C13H19Br. The molecule has 78 valence electrons. The SMILES string of the molecule is Cc1cccc(CCC(Br)C(C)C)c1. The van der Waals surface area contributed by atoms with Gasteiger partial charge in [-0.3, -0.25) is 0 Å². The van der Waals surface area contributed by atoms with Gasteiger partial charge < -0.3 is 0 Å². The zero-order valence-corrected chi connectivity index (χ0v) is 10.8. The predicted octanol–water partition coefficient (Wildman–Crippen LogP) is 4.35. The van der Waals surface area contributed by atoms with Gasteiger partial charge in [0.15, 0.2) is 0 Å². The van der Waals surface area contributed by atoms with Gasteiger partial charge in [0.2, 0.25) is 0 Å². The maximum absolute atomic E-state index is 3.72. The quantitative estimate of drug-likeness (QED) is 0.702. The first kappa shape index (κ1) is 11.8. The molecule has 0 aromatic heterocycles. The van der Waals surface area contributed by atoms with Crippen LogP contribution in [-0.2, 0) is 6.42 Å². The Kier molecular flexibility index (Phi) is 4.67. The molecule has 1 atom stereocenters. The Morgan fingerprint density at radius 3 is 2.57 bits per heavy atom. The molecule has 1 heteroatoms. The van der Waals surface area contributed by atoms with Crippen LogP contribution in [0.5, 0.6) is 0 Å². The summed E-state index contributed by atoms with van der Waals surface area (Å²) in [5.41, 5.74) is 2.81. The van der Waals surface area contributed by atoms with Crippen LogP contribution in [0.1, 0.15) is 31.4 Å². The number of alkyl halides is 1. The molecule has 0 nitrogen and oxygen atoms in total. The highest BCUT2D eigenvalue weighted by Gasteiger charge is 2.08. The second-order valence-electron chi connectivity index (χ2n) is 4.29. The van der Waals surface area contributed by atoms with Crippen molar-refractivity contribution in [1.82, 2.24) is 0 Å². The lowest BCUT2D eigenvalue weighted by Gasteiger charge is -2.13. The zero-order chi connectivity index (χ0) is 10.6. The van der Waals surface area contributed by atoms with Gasteiger partial charge in [-0.25, -0.2) is 0 Å². The van der Waals surface area contributed by atoms with Crippen molar-refractivity contribution in [3.63, 3.8) is 0 Å². The van der Waals surface area contributed by atoms with Crippen LogP contribution in [0.15, 0.2) is 24.3 Å². The van der Waals surface area contributed by atoms with E-state index in [0.717, 1.165) is 5.92 Å². The number of hydrogen-bond donors (Lipinski definition) is 0. The van der Waals surface area contributed by atoms with Gasteiger partial charge in [-0.05, 0) is 31.2 Å². The topological polar surface area (TPSA) is 0 Å². The van der Waals surface area contributed by atoms with Crippen LogP contribution in [0.4, 0.5) is 0 Å². The number of halogens is 1. The molecule has 0 N–H and O–H groups in total. The van der Waals surface area contributed by atoms with Crippen LogP contribution in [0.2, 0.25) is 0 Å². The number of benzene rings is 1. The van der Waals surface area contributed by atoms with Gasteiger partial charge in [0, 0.05) is 4.83 Å². The number of hydrogen-bond acceptors (Lipinski definition) is 0. The minimum atomic E-state index is 0.642. The Bertz CT molecular complexity index is 278. The largest absolute Gasteiger partial charge is 0.0888 e. The van der Waals surface area contributed by atoms with E-state index in [4.69, 9.17) is 0 Å². The summed E-state index contributed by atoms with van der Waals surface area (Å²) in [6, 6.07) is 8.79. The van der Waals surface area contributed by atoms with Crippen LogP contribution in [0.3, 0.4) is 0 Å². The van der Waals surface area contributed by atoms with E-state index in [2.05, 4.69) is 61.0 Å². The summed E-state index contributed by atoms with van der Waals surface area (Å²) in [5.74, 6) is 0.722. The molecule has 1 rings (SSSR count). The molecule has 0 bridgehead atoms. The zero-order valence-electron chi connectivity index (χ0n) is 9.26. The molecule has 1 unspecified atom stereocenters. The molecule has 0 spiro atoms. The Labute approximate surface area is 95.9 Å². The normalized spacial score (nSPS) is 13.2. The van der Waals surface area contributed by atoms with Crippen LogP contribution < -0.4 is 0 Å². The second kappa shape index (κ2) is 5.55. The third-order valence-corrected chi connectivity index (χ3v) is 4.03. The summed E-state index contributed by atoms with van der Waals surface area (Å²) in [4.78, 5) is 0.642. The predicted molar refractivity (Wildman–Crippen MR) is 67.1 cm³/mol. The van der Waals surface area contributed by atoms with Crippen molar-refractivity contribution in [3.8, 4) is 0 Å². The van der Waals surface area contributed by atoms with E-state index >= 15 is 0 Å². The van der Waals surface area contributed by atoms with Crippen LogP contribution in [0, 0.1) is 12.8 Å². The first-order valence-corrected chi connectivity index (χ1v) is 6.21. The van der Waals surface area contributed by atoms with Crippen molar-refractivity contribution >= 4 is 15.9 Å². The van der Waals surface area contributed by atoms with Crippen LogP contribution in [-0.4, -0.2) is 4.83 Å². The Balaban J connectivity index is 2.45.